The van der Waals surface area contributed by atoms with E-state index in [2.05, 4.69) is 29.4 Å². The molecule has 4 heteroatoms. The second kappa shape index (κ2) is 4.97. The fourth-order valence-electron chi connectivity index (χ4n) is 1.96. The molecule has 2 nitrogen and oxygen atoms in total. The van der Waals surface area contributed by atoms with Gasteiger partial charge >= 0.3 is 0 Å². The van der Waals surface area contributed by atoms with Crippen molar-refractivity contribution in [1.29, 1.82) is 0 Å². The first kappa shape index (κ1) is 12.1. The molecule has 0 spiro atoms. The Balaban J connectivity index is 1.80. The van der Waals surface area contributed by atoms with Crippen LogP contribution in [0.3, 0.4) is 0 Å². The Labute approximate surface area is 114 Å². The largest absolute Gasteiger partial charge is 0.357 e. The highest BCUT2D eigenvalue weighted by Crippen LogP contribution is 2.26. The van der Waals surface area contributed by atoms with E-state index in [9.17, 15) is 4.39 Å². The minimum Gasteiger partial charge on any atom is -0.357 e. The van der Waals surface area contributed by atoms with Crippen molar-refractivity contribution in [2.45, 2.75) is 13.5 Å². The van der Waals surface area contributed by atoms with Crippen LogP contribution in [0.4, 0.5) is 9.52 Å². The molecule has 96 valence electrons. The zero-order valence-corrected chi connectivity index (χ0v) is 11.3. The highest BCUT2D eigenvalue weighted by molar-refractivity contribution is 7.22. The number of hydrogen-bond acceptors (Lipinski definition) is 3. The van der Waals surface area contributed by atoms with Gasteiger partial charge in [0.15, 0.2) is 5.13 Å². The Morgan fingerprint density at radius 3 is 2.89 bits per heavy atom. The molecule has 0 amide bonds. The van der Waals surface area contributed by atoms with Crippen LogP contribution in [-0.2, 0) is 6.54 Å². The van der Waals surface area contributed by atoms with E-state index in [0.717, 1.165) is 16.4 Å². The molecule has 19 heavy (non-hydrogen) atoms. The summed E-state index contributed by atoms with van der Waals surface area (Å²) in [5.74, 6) is -0.247. The van der Waals surface area contributed by atoms with Crippen LogP contribution in [0, 0.1) is 12.7 Å². The number of benzene rings is 2. The van der Waals surface area contributed by atoms with Crippen LogP contribution < -0.4 is 5.32 Å². The number of aromatic nitrogens is 1. The molecule has 0 saturated carbocycles. The monoisotopic (exact) mass is 272 g/mol. The molecule has 0 radical (unpaired) electrons. The predicted octanol–water partition coefficient (Wildman–Crippen LogP) is 4.36. The third-order valence-corrected chi connectivity index (χ3v) is 4.04. The van der Waals surface area contributed by atoms with Gasteiger partial charge in [0, 0.05) is 12.6 Å². The minimum atomic E-state index is -0.247. The Morgan fingerprint density at radius 2 is 2.05 bits per heavy atom. The summed E-state index contributed by atoms with van der Waals surface area (Å²) in [6, 6.07) is 12.9. The van der Waals surface area contributed by atoms with Crippen LogP contribution in [0.5, 0.6) is 0 Å². The van der Waals surface area contributed by atoms with Gasteiger partial charge in [-0.3, -0.25) is 0 Å². The van der Waals surface area contributed by atoms with E-state index >= 15 is 0 Å². The maximum absolute atomic E-state index is 13.1. The standard InChI is InChI=1S/C15H13FN2S/c1-10-4-2-3-5-11(10)9-17-15-18-13-8-12(16)6-7-14(13)19-15/h2-8H,9H2,1H3,(H,17,18). The van der Waals surface area contributed by atoms with Gasteiger partial charge in [-0.2, -0.15) is 0 Å². The van der Waals surface area contributed by atoms with Gasteiger partial charge in [0.2, 0.25) is 0 Å². The predicted molar refractivity (Wildman–Crippen MR) is 78.1 cm³/mol. The molecule has 0 fully saturated rings. The second-order valence-corrected chi connectivity index (χ2v) is 5.44. The highest BCUT2D eigenvalue weighted by Gasteiger charge is 2.05. The Kier molecular flexibility index (Phi) is 3.17. The van der Waals surface area contributed by atoms with Gasteiger partial charge in [0.1, 0.15) is 5.82 Å². The SMILES string of the molecule is Cc1ccccc1CNc1nc2cc(F)ccc2s1. The number of thiazole rings is 1. The molecule has 0 aliphatic rings. The van der Waals surface area contributed by atoms with Gasteiger partial charge < -0.3 is 5.32 Å². The van der Waals surface area contributed by atoms with Crippen molar-refractivity contribution >= 4 is 26.7 Å². The molecular weight excluding hydrogens is 259 g/mol. The first-order valence-corrected chi connectivity index (χ1v) is 6.88. The summed E-state index contributed by atoms with van der Waals surface area (Å²) in [5, 5.41) is 4.12. The molecule has 0 atom stereocenters. The van der Waals surface area contributed by atoms with E-state index in [1.54, 1.807) is 17.4 Å². The quantitative estimate of drug-likeness (QED) is 0.766. The number of rotatable bonds is 3. The summed E-state index contributed by atoms with van der Waals surface area (Å²) in [6.07, 6.45) is 0. The van der Waals surface area contributed by atoms with E-state index in [-0.39, 0.29) is 5.82 Å². The third kappa shape index (κ3) is 2.58. The van der Waals surface area contributed by atoms with Crippen LogP contribution in [0.15, 0.2) is 42.5 Å². The second-order valence-electron chi connectivity index (χ2n) is 4.41. The first-order chi connectivity index (χ1) is 9.22. The van der Waals surface area contributed by atoms with Gasteiger partial charge in [-0.25, -0.2) is 9.37 Å². The zero-order chi connectivity index (χ0) is 13.2. The lowest BCUT2D eigenvalue weighted by molar-refractivity contribution is 0.629. The maximum atomic E-state index is 13.1. The molecular formula is C15H13FN2S. The molecule has 0 aliphatic carbocycles. The smallest absolute Gasteiger partial charge is 0.184 e. The van der Waals surface area contributed by atoms with Gasteiger partial charge in [0.05, 0.1) is 10.2 Å². The summed E-state index contributed by atoms with van der Waals surface area (Å²) in [6.45, 7) is 2.82. The van der Waals surface area contributed by atoms with Crippen LogP contribution in [0.2, 0.25) is 0 Å². The van der Waals surface area contributed by atoms with Crippen molar-refractivity contribution in [1.82, 2.24) is 4.98 Å². The van der Waals surface area contributed by atoms with Crippen molar-refractivity contribution < 1.29 is 4.39 Å². The number of fused-ring (bicyclic) bond motifs is 1. The van der Waals surface area contributed by atoms with Crippen molar-refractivity contribution in [3.63, 3.8) is 0 Å². The summed E-state index contributed by atoms with van der Waals surface area (Å²) in [4.78, 5) is 4.39. The van der Waals surface area contributed by atoms with E-state index in [4.69, 9.17) is 0 Å². The molecule has 3 rings (SSSR count). The number of anilines is 1. The summed E-state index contributed by atoms with van der Waals surface area (Å²) in [7, 11) is 0. The molecule has 3 aromatic rings. The first-order valence-electron chi connectivity index (χ1n) is 6.07. The van der Waals surface area contributed by atoms with Crippen molar-refractivity contribution in [3.8, 4) is 0 Å². The molecule has 0 aliphatic heterocycles. The topological polar surface area (TPSA) is 24.9 Å². The molecule has 0 unspecified atom stereocenters. The summed E-state index contributed by atoms with van der Waals surface area (Å²) < 4.78 is 14.1. The maximum Gasteiger partial charge on any atom is 0.184 e. The van der Waals surface area contributed by atoms with Crippen molar-refractivity contribution in [2.75, 3.05) is 5.32 Å². The van der Waals surface area contributed by atoms with Crippen LogP contribution in [-0.4, -0.2) is 4.98 Å². The van der Waals surface area contributed by atoms with E-state index in [0.29, 0.717) is 5.52 Å². The number of nitrogens with zero attached hydrogens (tertiary/aromatic N) is 1. The number of aryl methyl sites for hydroxylation is 1. The number of nitrogens with one attached hydrogen (secondary N) is 1. The summed E-state index contributed by atoms with van der Waals surface area (Å²) in [5.41, 5.74) is 3.20. The molecule has 0 saturated heterocycles. The van der Waals surface area contributed by atoms with E-state index < -0.39 is 0 Å². The lowest BCUT2D eigenvalue weighted by atomic mass is 10.1. The third-order valence-electron chi connectivity index (χ3n) is 3.04. The average molecular weight is 272 g/mol. The summed E-state index contributed by atoms with van der Waals surface area (Å²) >= 11 is 1.54. The molecule has 1 heterocycles. The van der Waals surface area contributed by atoms with Gasteiger partial charge in [-0.1, -0.05) is 35.6 Å². The lowest BCUT2D eigenvalue weighted by Crippen LogP contribution is -2.00. The normalized spacial score (nSPS) is 10.8. The fraction of sp³-hybridized carbons (Fsp3) is 0.133. The van der Waals surface area contributed by atoms with Gasteiger partial charge in [-0.15, -0.1) is 0 Å². The molecule has 1 N–H and O–H groups in total. The Hall–Kier alpha value is -1.94. The number of hydrogen-bond donors (Lipinski definition) is 1. The highest BCUT2D eigenvalue weighted by atomic mass is 32.1. The number of halogens is 1. The van der Waals surface area contributed by atoms with Crippen LogP contribution in [0.25, 0.3) is 10.2 Å². The van der Waals surface area contributed by atoms with Gasteiger partial charge in [0.25, 0.3) is 0 Å². The lowest BCUT2D eigenvalue weighted by Gasteiger charge is -2.05. The zero-order valence-electron chi connectivity index (χ0n) is 10.5. The van der Waals surface area contributed by atoms with E-state index in [1.807, 2.05) is 12.1 Å². The minimum absolute atomic E-state index is 0.247. The Bertz CT molecular complexity index is 721. The van der Waals surface area contributed by atoms with Crippen molar-refractivity contribution in [2.24, 2.45) is 0 Å². The molecule has 2 aromatic carbocycles. The van der Waals surface area contributed by atoms with Gasteiger partial charge in [-0.05, 0) is 30.2 Å². The Morgan fingerprint density at radius 1 is 1.21 bits per heavy atom. The van der Waals surface area contributed by atoms with Crippen molar-refractivity contribution in [3.05, 3.63) is 59.4 Å². The van der Waals surface area contributed by atoms with Crippen LogP contribution in [0.1, 0.15) is 11.1 Å². The molecule has 1 aromatic heterocycles. The van der Waals surface area contributed by atoms with Crippen LogP contribution >= 0.6 is 11.3 Å². The average Bonchev–Trinajstić information content (AvgIpc) is 2.79. The van der Waals surface area contributed by atoms with E-state index in [1.165, 1.54) is 23.3 Å². The fourth-order valence-corrected chi connectivity index (χ4v) is 2.80. The molecule has 0 bridgehead atoms.